The van der Waals surface area contributed by atoms with Crippen molar-refractivity contribution in [2.24, 2.45) is 0 Å². The van der Waals surface area contributed by atoms with Crippen molar-refractivity contribution >= 4 is 11.8 Å². The minimum Gasteiger partial charge on any atom is -0.484 e. The van der Waals surface area contributed by atoms with Gasteiger partial charge in [-0.25, -0.2) is 4.39 Å². The normalized spacial score (nSPS) is 15.1. The Bertz CT molecular complexity index is 548. The zero-order valence-electron chi connectivity index (χ0n) is 14.2. The van der Waals surface area contributed by atoms with Gasteiger partial charge in [0.05, 0.1) is 0 Å². The van der Waals surface area contributed by atoms with Crippen LogP contribution in [-0.4, -0.2) is 54.4 Å². The van der Waals surface area contributed by atoms with Crippen LogP contribution in [0.3, 0.4) is 0 Å². The Morgan fingerprint density at radius 2 is 1.67 bits per heavy atom. The van der Waals surface area contributed by atoms with Crippen LogP contribution in [-0.2, 0) is 9.59 Å². The van der Waals surface area contributed by atoms with Crippen molar-refractivity contribution < 1.29 is 18.7 Å². The third kappa shape index (κ3) is 5.51. The fourth-order valence-electron chi connectivity index (χ4n) is 2.67. The van der Waals surface area contributed by atoms with E-state index in [0.717, 1.165) is 19.3 Å². The molecule has 0 aliphatic carbocycles. The van der Waals surface area contributed by atoms with Crippen LogP contribution in [0.4, 0.5) is 4.39 Å². The Labute approximate surface area is 142 Å². The van der Waals surface area contributed by atoms with Gasteiger partial charge in [-0.3, -0.25) is 9.59 Å². The SMILES string of the molecule is CCCCC(=O)N1CCCN(C(=O)COc2ccc(F)cc2)CC1. The molecular formula is C18H25FN2O3. The maximum atomic E-state index is 12.8. The molecule has 132 valence electrons. The van der Waals surface area contributed by atoms with Crippen LogP contribution in [0.25, 0.3) is 0 Å². The van der Waals surface area contributed by atoms with Gasteiger partial charge in [-0.1, -0.05) is 13.3 Å². The summed E-state index contributed by atoms with van der Waals surface area (Å²) >= 11 is 0. The summed E-state index contributed by atoms with van der Waals surface area (Å²) in [5.41, 5.74) is 0. The zero-order valence-corrected chi connectivity index (χ0v) is 14.2. The quantitative estimate of drug-likeness (QED) is 0.802. The first-order chi connectivity index (χ1) is 11.6. The molecule has 0 atom stereocenters. The van der Waals surface area contributed by atoms with Crippen molar-refractivity contribution in [3.8, 4) is 5.75 Å². The molecule has 24 heavy (non-hydrogen) atoms. The van der Waals surface area contributed by atoms with E-state index in [1.54, 1.807) is 4.90 Å². The first kappa shape index (κ1) is 18.2. The molecule has 1 aromatic carbocycles. The van der Waals surface area contributed by atoms with E-state index in [1.807, 2.05) is 4.90 Å². The summed E-state index contributed by atoms with van der Waals surface area (Å²) < 4.78 is 18.2. The summed E-state index contributed by atoms with van der Waals surface area (Å²) in [6, 6.07) is 5.59. The fraction of sp³-hybridized carbons (Fsp3) is 0.556. The molecule has 1 aliphatic heterocycles. The molecule has 0 unspecified atom stereocenters. The zero-order chi connectivity index (χ0) is 17.4. The van der Waals surface area contributed by atoms with Crippen molar-refractivity contribution in [2.45, 2.75) is 32.6 Å². The number of nitrogens with zero attached hydrogens (tertiary/aromatic N) is 2. The number of unbranched alkanes of at least 4 members (excludes halogenated alkanes) is 1. The number of carbonyl (C=O) groups is 2. The van der Waals surface area contributed by atoms with E-state index in [0.29, 0.717) is 38.3 Å². The van der Waals surface area contributed by atoms with E-state index >= 15 is 0 Å². The molecule has 1 aromatic rings. The Kier molecular flexibility index (Phi) is 7.03. The van der Waals surface area contributed by atoms with E-state index in [-0.39, 0.29) is 24.2 Å². The van der Waals surface area contributed by atoms with Gasteiger partial charge in [-0.15, -0.1) is 0 Å². The lowest BCUT2D eigenvalue weighted by Gasteiger charge is -2.22. The second-order valence-electron chi connectivity index (χ2n) is 5.96. The second kappa shape index (κ2) is 9.25. The van der Waals surface area contributed by atoms with Gasteiger partial charge in [0.2, 0.25) is 5.91 Å². The average molecular weight is 336 g/mol. The summed E-state index contributed by atoms with van der Waals surface area (Å²) in [6.45, 7) is 4.43. The van der Waals surface area contributed by atoms with E-state index in [4.69, 9.17) is 4.74 Å². The highest BCUT2D eigenvalue weighted by Crippen LogP contribution is 2.12. The molecule has 0 radical (unpaired) electrons. The molecule has 0 spiro atoms. The molecule has 1 fully saturated rings. The summed E-state index contributed by atoms with van der Waals surface area (Å²) in [4.78, 5) is 27.9. The van der Waals surface area contributed by atoms with Gasteiger partial charge >= 0.3 is 0 Å². The first-order valence-electron chi connectivity index (χ1n) is 8.54. The largest absolute Gasteiger partial charge is 0.484 e. The van der Waals surface area contributed by atoms with Crippen LogP contribution in [0.15, 0.2) is 24.3 Å². The second-order valence-corrected chi connectivity index (χ2v) is 5.96. The summed E-state index contributed by atoms with van der Waals surface area (Å²) in [6.07, 6.45) is 3.27. The third-order valence-corrected chi connectivity index (χ3v) is 4.12. The predicted octanol–water partition coefficient (Wildman–Crippen LogP) is 2.46. The fourth-order valence-corrected chi connectivity index (χ4v) is 2.67. The Hall–Kier alpha value is -2.11. The molecule has 2 rings (SSSR count). The minimum absolute atomic E-state index is 0.0740. The number of hydrogen-bond acceptors (Lipinski definition) is 3. The highest BCUT2D eigenvalue weighted by molar-refractivity contribution is 5.78. The van der Waals surface area contributed by atoms with Gasteiger partial charge in [0.1, 0.15) is 11.6 Å². The minimum atomic E-state index is -0.339. The molecule has 0 bridgehead atoms. The van der Waals surface area contributed by atoms with Crippen LogP contribution in [0.5, 0.6) is 5.75 Å². The average Bonchev–Trinajstić information content (AvgIpc) is 2.85. The highest BCUT2D eigenvalue weighted by atomic mass is 19.1. The smallest absolute Gasteiger partial charge is 0.260 e. The molecule has 5 nitrogen and oxygen atoms in total. The molecule has 6 heteroatoms. The molecule has 2 amide bonds. The van der Waals surface area contributed by atoms with Gasteiger partial charge in [0, 0.05) is 32.6 Å². The highest BCUT2D eigenvalue weighted by Gasteiger charge is 2.21. The van der Waals surface area contributed by atoms with Crippen LogP contribution < -0.4 is 4.74 Å². The summed E-state index contributed by atoms with van der Waals surface area (Å²) in [5.74, 6) is 0.195. The van der Waals surface area contributed by atoms with E-state index in [1.165, 1.54) is 24.3 Å². The number of halogens is 1. The van der Waals surface area contributed by atoms with Crippen LogP contribution in [0.2, 0.25) is 0 Å². The van der Waals surface area contributed by atoms with Gasteiger partial charge in [0.15, 0.2) is 6.61 Å². The van der Waals surface area contributed by atoms with Gasteiger partial charge < -0.3 is 14.5 Å². The van der Waals surface area contributed by atoms with Crippen molar-refractivity contribution in [3.63, 3.8) is 0 Å². The van der Waals surface area contributed by atoms with Crippen LogP contribution >= 0.6 is 0 Å². The molecule has 0 saturated carbocycles. The lowest BCUT2D eigenvalue weighted by Crippen LogP contribution is -2.39. The summed E-state index contributed by atoms with van der Waals surface area (Å²) in [5, 5.41) is 0. The van der Waals surface area contributed by atoms with Gasteiger partial charge in [-0.2, -0.15) is 0 Å². The Morgan fingerprint density at radius 1 is 1.04 bits per heavy atom. The standard InChI is InChI=1S/C18H25FN2O3/c1-2-3-5-17(22)20-10-4-11-21(13-12-20)18(23)14-24-16-8-6-15(19)7-9-16/h6-9H,2-5,10-14H2,1H3. The summed E-state index contributed by atoms with van der Waals surface area (Å²) in [7, 11) is 0. The third-order valence-electron chi connectivity index (χ3n) is 4.12. The van der Waals surface area contributed by atoms with Crippen molar-refractivity contribution in [1.82, 2.24) is 9.80 Å². The number of benzene rings is 1. The molecule has 1 saturated heterocycles. The van der Waals surface area contributed by atoms with E-state index < -0.39 is 0 Å². The number of ether oxygens (including phenoxy) is 1. The lowest BCUT2D eigenvalue weighted by atomic mass is 10.2. The van der Waals surface area contributed by atoms with Crippen molar-refractivity contribution in [2.75, 3.05) is 32.8 Å². The monoisotopic (exact) mass is 336 g/mol. The van der Waals surface area contributed by atoms with Gasteiger partial charge in [0.25, 0.3) is 5.91 Å². The Balaban J connectivity index is 1.78. The maximum Gasteiger partial charge on any atom is 0.260 e. The molecule has 1 aliphatic rings. The van der Waals surface area contributed by atoms with Crippen molar-refractivity contribution in [3.05, 3.63) is 30.1 Å². The van der Waals surface area contributed by atoms with Gasteiger partial charge in [-0.05, 0) is 37.1 Å². The van der Waals surface area contributed by atoms with E-state index in [9.17, 15) is 14.0 Å². The van der Waals surface area contributed by atoms with E-state index in [2.05, 4.69) is 6.92 Å². The van der Waals surface area contributed by atoms with Crippen molar-refractivity contribution in [1.29, 1.82) is 0 Å². The number of amides is 2. The maximum absolute atomic E-state index is 12.8. The first-order valence-corrected chi connectivity index (χ1v) is 8.54. The molecule has 1 heterocycles. The molecule has 0 N–H and O–H groups in total. The number of hydrogen-bond donors (Lipinski definition) is 0. The topological polar surface area (TPSA) is 49.9 Å². The molecular weight excluding hydrogens is 311 g/mol. The molecule has 0 aromatic heterocycles. The predicted molar refractivity (Wildman–Crippen MR) is 89.2 cm³/mol. The Morgan fingerprint density at radius 3 is 2.29 bits per heavy atom. The number of carbonyl (C=O) groups excluding carboxylic acids is 2. The number of rotatable bonds is 6. The van der Waals surface area contributed by atoms with Crippen LogP contribution in [0, 0.1) is 5.82 Å². The lowest BCUT2D eigenvalue weighted by molar-refractivity contribution is -0.134. The van der Waals surface area contributed by atoms with Crippen LogP contribution in [0.1, 0.15) is 32.6 Å².